The number of pyridine rings is 1. The molecule has 0 atom stereocenters. The Kier molecular flexibility index (Phi) is 4.14. The van der Waals surface area contributed by atoms with Gasteiger partial charge in [-0.05, 0) is 70.3 Å². The average molecular weight is 394 g/mol. The van der Waals surface area contributed by atoms with Gasteiger partial charge in [0.15, 0.2) is 0 Å². The zero-order valence-corrected chi connectivity index (χ0v) is 16.4. The first-order valence-electron chi connectivity index (χ1n) is 9.78. The molecule has 5 heteroatoms. The third-order valence-corrected chi connectivity index (χ3v) is 5.77. The van der Waals surface area contributed by atoms with Crippen LogP contribution in [-0.4, -0.2) is 22.7 Å². The number of benzene rings is 3. The van der Waals surface area contributed by atoms with Crippen LogP contribution < -0.4 is 4.74 Å². The van der Waals surface area contributed by atoms with Gasteiger partial charge in [0, 0.05) is 23.6 Å². The first kappa shape index (κ1) is 18.1. The van der Waals surface area contributed by atoms with E-state index in [-0.39, 0.29) is 6.42 Å². The highest BCUT2D eigenvalue weighted by Crippen LogP contribution is 2.42. The molecule has 0 radical (unpaired) electrons. The number of hydrogen-bond donors (Lipinski definition) is 1. The van der Waals surface area contributed by atoms with Crippen molar-refractivity contribution in [2.24, 2.45) is 0 Å². The number of aromatic nitrogens is 1. The van der Waals surface area contributed by atoms with E-state index < -0.39 is 5.97 Å². The van der Waals surface area contributed by atoms with Crippen molar-refractivity contribution in [1.29, 1.82) is 5.26 Å². The number of carboxylic acid groups (broad SMARTS) is 1. The van der Waals surface area contributed by atoms with Crippen LogP contribution in [0.4, 0.5) is 0 Å². The predicted octanol–water partition coefficient (Wildman–Crippen LogP) is 4.80. The number of hydrogen-bond acceptors (Lipinski definition) is 4. The molecule has 0 saturated carbocycles. The molecule has 5 nitrogen and oxygen atoms in total. The highest BCUT2D eigenvalue weighted by molar-refractivity contribution is 6.08. The molecule has 4 aromatic rings. The lowest BCUT2D eigenvalue weighted by Crippen LogP contribution is -2.10. The molecule has 0 aliphatic carbocycles. The lowest BCUT2D eigenvalue weighted by atomic mass is 9.86. The van der Waals surface area contributed by atoms with Gasteiger partial charge in [-0.25, -0.2) is 0 Å². The zero-order chi connectivity index (χ0) is 20.8. The third-order valence-electron chi connectivity index (χ3n) is 5.77. The Morgan fingerprint density at radius 1 is 1.23 bits per heavy atom. The molecule has 2 heterocycles. The van der Waals surface area contributed by atoms with E-state index in [0.29, 0.717) is 12.2 Å². The highest BCUT2D eigenvalue weighted by atomic mass is 16.5. The van der Waals surface area contributed by atoms with E-state index in [1.54, 1.807) is 12.3 Å². The highest BCUT2D eigenvalue weighted by Gasteiger charge is 2.22. The fraction of sp³-hybridized carbons (Fsp3) is 0.160. The van der Waals surface area contributed by atoms with Crippen molar-refractivity contribution in [3.8, 4) is 22.9 Å². The van der Waals surface area contributed by atoms with Crippen molar-refractivity contribution in [3.63, 3.8) is 0 Å². The van der Waals surface area contributed by atoms with E-state index in [1.807, 2.05) is 43.3 Å². The summed E-state index contributed by atoms with van der Waals surface area (Å²) in [6, 6.07) is 15.6. The molecule has 3 aromatic carbocycles. The minimum atomic E-state index is -0.883. The summed E-state index contributed by atoms with van der Waals surface area (Å²) in [5.41, 5.74) is 5.96. The van der Waals surface area contributed by atoms with Crippen LogP contribution in [0.2, 0.25) is 0 Å². The van der Waals surface area contributed by atoms with Crippen LogP contribution in [0.3, 0.4) is 0 Å². The third kappa shape index (κ3) is 2.77. The van der Waals surface area contributed by atoms with E-state index >= 15 is 0 Å². The molecule has 1 aliphatic heterocycles. The number of fused-ring (bicyclic) bond motifs is 1. The largest absolute Gasteiger partial charge is 0.493 e. The Balaban J connectivity index is 1.92. The van der Waals surface area contributed by atoms with Crippen molar-refractivity contribution < 1.29 is 14.6 Å². The first-order valence-corrected chi connectivity index (χ1v) is 9.78. The van der Waals surface area contributed by atoms with Gasteiger partial charge < -0.3 is 9.84 Å². The van der Waals surface area contributed by atoms with Gasteiger partial charge in [0.1, 0.15) is 5.75 Å². The molecule has 1 N–H and O–H groups in total. The van der Waals surface area contributed by atoms with E-state index in [9.17, 15) is 15.2 Å². The molecule has 0 fully saturated rings. The quantitative estimate of drug-likeness (QED) is 0.540. The maximum Gasteiger partial charge on any atom is 0.307 e. The summed E-state index contributed by atoms with van der Waals surface area (Å²) in [7, 11) is 0. The van der Waals surface area contributed by atoms with Crippen LogP contribution in [0.15, 0.2) is 48.7 Å². The zero-order valence-electron chi connectivity index (χ0n) is 16.4. The summed E-state index contributed by atoms with van der Waals surface area (Å²) in [5.74, 6) is -0.0713. The summed E-state index contributed by atoms with van der Waals surface area (Å²) in [6.07, 6.45) is 2.53. The smallest absolute Gasteiger partial charge is 0.307 e. The van der Waals surface area contributed by atoms with Crippen LogP contribution in [0, 0.1) is 18.3 Å². The maximum atomic E-state index is 11.7. The second-order valence-corrected chi connectivity index (χ2v) is 7.57. The summed E-state index contributed by atoms with van der Waals surface area (Å²) in [4.78, 5) is 16.4. The molecule has 0 bridgehead atoms. The normalized spacial score (nSPS) is 12.5. The van der Waals surface area contributed by atoms with Crippen LogP contribution in [-0.2, 0) is 17.6 Å². The molecular formula is C25H18N2O3. The Bertz CT molecular complexity index is 1390. The number of ether oxygens (including phenoxy) is 1. The van der Waals surface area contributed by atoms with Crippen molar-refractivity contribution >= 4 is 27.6 Å². The molecule has 0 unspecified atom stereocenters. The van der Waals surface area contributed by atoms with Gasteiger partial charge in [-0.1, -0.05) is 12.1 Å². The van der Waals surface area contributed by atoms with Crippen LogP contribution in [0.25, 0.3) is 32.8 Å². The van der Waals surface area contributed by atoms with Gasteiger partial charge in [-0.2, -0.15) is 5.26 Å². The first-order chi connectivity index (χ1) is 14.6. The van der Waals surface area contributed by atoms with Gasteiger partial charge in [0.05, 0.1) is 30.2 Å². The topological polar surface area (TPSA) is 83.2 Å². The standard InChI is InChI=1S/C25H18N2O3/c1-14-10-17-11-15(13-26)2-3-18(17)24(20(14)12-22(28)29)19-4-5-21-23-16(7-9-30-21)6-8-27-25(19)23/h2-6,8,10-11H,7,9,12H2,1H3,(H,28,29). The molecule has 1 aromatic heterocycles. The van der Waals surface area contributed by atoms with Gasteiger partial charge >= 0.3 is 5.97 Å². The molecular weight excluding hydrogens is 376 g/mol. The molecule has 1 aliphatic rings. The van der Waals surface area contributed by atoms with Gasteiger partial charge in [-0.15, -0.1) is 0 Å². The number of aliphatic carboxylic acids is 1. The van der Waals surface area contributed by atoms with Gasteiger partial charge in [0.25, 0.3) is 0 Å². The fourth-order valence-electron chi connectivity index (χ4n) is 4.45. The Hall–Kier alpha value is -3.91. The van der Waals surface area contributed by atoms with E-state index in [2.05, 4.69) is 11.1 Å². The fourth-order valence-corrected chi connectivity index (χ4v) is 4.45. The lowest BCUT2D eigenvalue weighted by Gasteiger charge is -2.21. The molecule has 146 valence electrons. The second kappa shape index (κ2) is 6.85. The molecule has 30 heavy (non-hydrogen) atoms. The average Bonchev–Trinajstić information content (AvgIpc) is 2.75. The Labute approximate surface area is 173 Å². The van der Waals surface area contributed by atoms with Crippen LogP contribution in [0.5, 0.6) is 5.75 Å². The monoisotopic (exact) mass is 394 g/mol. The summed E-state index contributed by atoms with van der Waals surface area (Å²) in [5, 5.41) is 21.7. The van der Waals surface area contributed by atoms with Crippen molar-refractivity contribution in [1.82, 2.24) is 4.98 Å². The van der Waals surface area contributed by atoms with Crippen molar-refractivity contribution in [2.75, 3.05) is 6.61 Å². The van der Waals surface area contributed by atoms with Crippen LogP contribution in [0.1, 0.15) is 22.3 Å². The van der Waals surface area contributed by atoms with E-state index in [1.165, 1.54) is 5.56 Å². The second-order valence-electron chi connectivity index (χ2n) is 7.57. The molecule has 5 rings (SSSR count). The molecule has 0 saturated heterocycles. The van der Waals surface area contributed by atoms with E-state index in [4.69, 9.17) is 4.74 Å². The Morgan fingerprint density at radius 3 is 2.90 bits per heavy atom. The molecule has 0 amide bonds. The van der Waals surface area contributed by atoms with E-state index in [0.717, 1.165) is 56.1 Å². The number of aryl methyl sites for hydroxylation is 1. The summed E-state index contributed by atoms with van der Waals surface area (Å²) >= 11 is 0. The number of nitriles is 1. The summed E-state index contributed by atoms with van der Waals surface area (Å²) in [6.45, 7) is 2.56. The number of carbonyl (C=O) groups is 1. The minimum Gasteiger partial charge on any atom is -0.493 e. The Morgan fingerprint density at radius 2 is 2.10 bits per heavy atom. The predicted molar refractivity (Wildman–Crippen MR) is 115 cm³/mol. The number of rotatable bonds is 3. The van der Waals surface area contributed by atoms with Gasteiger partial charge in [-0.3, -0.25) is 9.78 Å². The molecule has 0 spiro atoms. The number of nitrogens with zero attached hydrogens (tertiary/aromatic N) is 2. The SMILES string of the molecule is Cc1cc2cc(C#N)ccc2c(-c2ccc3c4c(ccnc24)CCO3)c1CC(=O)O. The minimum absolute atomic E-state index is 0.0868. The lowest BCUT2D eigenvalue weighted by molar-refractivity contribution is -0.136. The maximum absolute atomic E-state index is 11.7. The van der Waals surface area contributed by atoms with Crippen molar-refractivity contribution in [3.05, 3.63) is 70.9 Å². The van der Waals surface area contributed by atoms with Crippen LogP contribution >= 0.6 is 0 Å². The van der Waals surface area contributed by atoms with Crippen molar-refractivity contribution in [2.45, 2.75) is 19.8 Å². The van der Waals surface area contributed by atoms with Gasteiger partial charge in [0.2, 0.25) is 0 Å². The number of carboxylic acids is 1. The summed E-state index contributed by atoms with van der Waals surface area (Å²) < 4.78 is 5.85.